The number of rotatable bonds is 3. The molecule has 1 atom stereocenters. The number of nitrogens with zero attached hydrogens (tertiary/aromatic N) is 3. The molecule has 1 aliphatic heterocycles. The molecule has 0 radical (unpaired) electrons. The van der Waals surface area contributed by atoms with Gasteiger partial charge in [0.1, 0.15) is 0 Å². The summed E-state index contributed by atoms with van der Waals surface area (Å²) in [5, 5.41) is 8.58. The second-order valence-electron chi connectivity index (χ2n) is 4.00. The maximum atomic E-state index is 11.8. The Morgan fingerprint density at radius 1 is 1.42 bits per heavy atom. The molecule has 19 heavy (non-hydrogen) atoms. The molecule has 1 aliphatic rings. The summed E-state index contributed by atoms with van der Waals surface area (Å²) in [6.07, 6.45) is 2.63. The predicted molar refractivity (Wildman–Crippen MR) is 68.0 cm³/mol. The van der Waals surface area contributed by atoms with Crippen LogP contribution in [0.3, 0.4) is 0 Å². The number of hydrogen-bond donors (Lipinski definition) is 1. The van der Waals surface area contributed by atoms with E-state index in [9.17, 15) is 14.4 Å². The normalized spacial score (nSPS) is 18.7. The molecule has 1 saturated heterocycles. The van der Waals surface area contributed by atoms with Crippen molar-refractivity contribution in [2.24, 2.45) is 0 Å². The number of hydrogen-bond acceptors (Lipinski definition) is 6. The van der Waals surface area contributed by atoms with Crippen LogP contribution in [0, 0.1) is 0 Å². The van der Waals surface area contributed by atoms with Crippen molar-refractivity contribution in [1.29, 1.82) is 0 Å². The van der Waals surface area contributed by atoms with Crippen LogP contribution in [-0.2, 0) is 9.59 Å². The van der Waals surface area contributed by atoms with Gasteiger partial charge in [-0.15, -0.1) is 0 Å². The van der Waals surface area contributed by atoms with E-state index in [0.29, 0.717) is 12.4 Å². The molecule has 0 spiro atoms. The number of thioether (sulfide) groups is 1. The van der Waals surface area contributed by atoms with Gasteiger partial charge in [0.05, 0.1) is 12.4 Å². The van der Waals surface area contributed by atoms with Crippen molar-refractivity contribution in [1.82, 2.24) is 9.97 Å². The number of amides is 1. The molecule has 1 fully saturated rings. The maximum Gasteiger partial charge on any atom is 0.356 e. The molecule has 1 aromatic rings. The number of carbonyl (C=O) groups excluding carboxylic acids is 2. The van der Waals surface area contributed by atoms with Crippen molar-refractivity contribution in [3.05, 3.63) is 18.1 Å². The number of carboxylic acids is 1. The molecule has 8 heteroatoms. The highest BCUT2D eigenvalue weighted by Gasteiger charge is 2.32. The first-order valence-electron chi connectivity index (χ1n) is 5.50. The summed E-state index contributed by atoms with van der Waals surface area (Å²) >= 11 is 1.13. The molecule has 1 amide bonds. The highest BCUT2D eigenvalue weighted by molar-refractivity contribution is 8.14. The van der Waals surface area contributed by atoms with Crippen LogP contribution in [0.2, 0.25) is 0 Å². The second kappa shape index (κ2) is 5.35. The molecule has 2 rings (SSSR count). The molecule has 100 valence electrons. The molecule has 0 aromatic carbocycles. The lowest BCUT2D eigenvalue weighted by Crippen LogP contribution is -2.26. The molecule has 1 unspecified atom stereocenters. The zero-order valence-electron chi connectivity index (χ0n) is 10.1. The molecular formula is C11H11N3O4S. The third-order valence-corrected chi connectivity index (χ3v) is 3.54. The summed E-state index contributed by atoms with van der Waals surface area (Å²) in [5.74, 6) is -1.01. The van der Waals surface area contributed by atoms with Crippen molar-refractivity contribution in [2.45, 2.75) is 18.6 Å². The van der Waals surface area contributed by atoms with Crippen LogP contribution in [-0.4, -0.2) is 43.9 Å². The smallest absolute Gasteiger partial charge is 0.356 e. The van der Waals surface area contributed by atoms with E-state index in [0.717, 1.165) is 18.0 Å². The van der Waals surface area contributed by atoms with Gasteiger partial charge in [0, 0.05) is 25.1 Å². The zero-order valence-corrected chi connectivity index (χ0v) is 10.9. The van der Waals surface area contributed by atoms with E-state index in [4.69, 9.17) is 5.11 Å². The Hall–Kier alpha value is -1.96. The summed E-state index contributed by atoms with van der Waals surface area (Å²) in [4.78, 5) is 42.5. The van der Waals surface area contributed by atoms with Gasteiger partial charge in [0.15, 0.2) is 16.6 Å². The van der Waals surface area contributed by atoms with Crippen molar-refractivity contribution >= 4 is 34.6 Å². The number of aromatic carboxylic acids is 1. The third kappa shape index (κ3) is 3.08. The van der Waals surface area contributed by atoms with Crippen LogP contribution in [0.15, 0.2) is 12.4 Å². The van der Waals surface area contributed by atoms with E-state index < -0.39 is 5.97 Å². The highest BCUT2D eigenvalue weighted by atomic mass is 32.2. The van der Waals surface area contributed by atoms with Crippen LogP contribution in [0.4, 0.5) is 5.82 Å². The summed E-state index contributed by atoms with van der Waals surface area (Å²) in [5.41, 5.74) is -0.176. The largest absolute Gasteiger partial charge is 0.476 e. The molecule has 2 heterocycles. The number of aromatic nitrogens is 2. The molecular weight excluding hydrogens is 270 g/mol. The van der Waals surface area contributed by atoms with Gasteiger partial charge >= 0.3 is 5.97 Å². The first-order valence-corrected chi connectivity index (χ1v) is 6.38. The average Bonchev–Trinajstić information content (AvgIpc) is 2.69. The molecule has 1 N–H and O–H groups in total. The van der Waals surface area contributed by atoms with Crippen LogP contribution < -0.4 is 4.90 Å². The van der Waals surface area contributed by atoms with E-state index in [-0.39, 0.29) is 28.4 Å². The molecule has 0 bridgehead atoms. The minimum absolute atomic E-state index is 0.0352. The summed E-state index contributed by atoms with van der Waals surface area (Å²) in [6, 6.07) is 0. The predicted octanol–water partition coefficient (Wildman–Crippen LogP) is 0.560. The Morgan fingerprint density at radius 3 is 2.68 bits per heavy atom. The molecule has 7 nitrogen and oxygen atoms in total. The van der Waals surface area contributed by atoms with Crippen LogP contribution in [0.5, 0.6) is 0 Å². The summed E-state index contributed by atoms with van der Waals surface area (Å²) in [6.45, 7) is 1.84. The van der Waals surface area contributed by atoms with Gasteiger partial charge in [-0.05, 0) is 0 Å². The van der Waals surface area contributed by atoms with Gasteiger partial charge in [0.25, 0.3) is 0 Å². The number of carbonyl (C=O) groups is 3. The van der Waals surface area contributed by atoms with Gasteiger partial charge < -0.3 is 5.11 Å². The second-order valence-corrected chi connectivity index (χ2v) is 5.48. The van der Waals surface area contributed by atoms with Crippen molar-refractivity contribution in [2.75, 3.05) is 11.4 Å². The van der Waals surface area contributed by atoms with Crippen LogP contribution >= 0.6 is 11.8 Å². The SMILES string of the molecule is CC(=O)SC1CC(=O)N(c2cnc(C(=O)O)cn2)C1. The lowest BCUT2D eigenvalue weighted by Gasteiger charge is -2.14. The minimum Gasteiger partial charge on any atom is -0.476 e. The van der Waals surface area contributed by atoms with Gasteiger partial charge in [-0.1, -0.05) is 11.8 Å². The van der Waals surface area contributed by atoms with Crippen molar-refractivity contribution in [3.63, 3.8) is 0 Å². The highest BCUT2D eigenvalue weighted by Crippen LogP contribution is 2.27. The van der Waals surface area contributed by atoms with Crippen LogP contribution in [0.1, 0.15) is 23.8 Å². The lowest BCUT2D eigenvalue weighted by molar-refractivity contribution is -0.117. The fourth-order valence-electron chi connectivity index (χ4n) is 1.78. The van der Waals surface area contributed by atoms with E-state index in [2.05, 4.69) is 9.97 Å². The van der Waals surface area contributed by atoms with E-state index in [1.54, 1.807) is 0 Å². The fourth-order valence-corrected chi connectivity index (χ4v) is 2.70. The van der Waals surface area contributed by atoms with Crippen molar-refractivity contribution < 1.29 is 19.5 Å². The average molecular weight is 281 g/mol. The topological polar surface area (TPSA) is 100 Å². The quantitative estimate of drug-likeness (QED) is 0.863. The maximum absolute atomic E-state index is 11.8. The Bertz CT molecular complexity index is 531. The lowest BCUT2D eigenvalue weighted by atomic mass is 10.4. The van der Waals surface area contributed by atoms with Crippen LogP contribution in [0.25, 0.3) is 0 Å². The van der Waals surface area contributed by atoms with E-state index in [1.807, 2.05) is 0 Å². The van der Waals surface area contributed by atoms with Gasteiger partial charge in [0.2, 0.25) is 5.91 Å². The molecule has 0 aliphatic carbocycles. The molecule has 0 saturated carbocycles. The van der Waals surface area contributed by atoms with Gasteiger partial charge in [-0.25, -0.2) is 14.8 Å². The Morgan fingerprint density at radius 2 is 2.16 bits per heavy atom. The standard InChI is InChI=1S/C11H11N3O4S/c1-6(15)19-7-2-10(16)14(5-7)9-4-12-8(3-13-9)11(17)18/h3-4,7H,2,5H2,1H3,(H,17,18). The first kappa shape index (κ1) is 13.5. The Balaban J connectivity index is 2.11. The van der Waals surface area contributed by atoms with Gasteiger partial charge in [-0.2, -0.15) is 0 Å². The fraction of sp³-hybridized carbons (Fsp3) is 0.364. The Labute approximate surface area is 113 Å². The monoisotopic (exact) mass is 281 g/mol. The van der Waals surface area contributed by atoms with Gasteiger partial charge in [-0.3, -0.25) is 14.5 Å². The summed E-state index contributed by atoms with van der Waals surface area (Å²) < 4.78 is 0. The molecule has 1 aromatic heterocycles. The minimum atomic E-state index is -1.17. The zero-order chi connectivity index (χ0) is 14.0. The Kier molecular flexibility index (Phi) is 3.79. The summed E-state index contributed by atoms with van der Waals surface area (Å²) in [7, 11) is 0. The number of carboxylic acid groups (broad SMARTS) is 1. The van der Waals surface area contributed by atoms with E-state index in [1.165, 1.54) is 18.0 Å². The van der Waals surface area contributed by atoms with Crippen molar-refractivity contribution in [3.8, 4) is 0 Å². The third-order valence-electron chi connectivity index (χ3n) is 2.56. The number of anilines is 1. The first-order chi connectivity index (χ1) is 8.97. The van der Waals surface area contributed by atoms with E-state index >= 15 is 0 Å².